The van der Waals surface area contributed by atoms with Crippen LogP contribution in [0.15, 0.2) is 93.3 Å². The fourth-order valence-corrected chi connectivity index (χ4v) is 4.52. The predicted octanol–water partition coefficient (Wildman–Crippen LogP) is 4.45. The van der Waals surface area contributed by atoms with Gasteiger partial charge < -0.3 is 0 Å². The zero-order chi connectivity index (χ0) is 21.6. The molecule has 0 aliphatic rings. The molecule has 154 valence electrons. The molecule has 0 saturated heterocycles. The van der Waals surface area contributed by atoms with Crippen LogP contribution < -0.4 is 9.73 Å². The number of rotatable bonds is 7. The third kappa shape index (κ3) is 5.47. The highest BCUT2D eigenvalue weighted by Gasteiger charge is 2.27. The first-order valence-electron chi connectivity index (χ1n) is 8.78. The molecule has 0 heterocycles. The molecule has 0 aromatic heterocycles. The van der Waals surface area contributed by atoms with Crippen molar-refractivity contribution in [3.8, 4) is 0 Å². The summed E-state index contributed by atoms with van der Waals surface area (Å²) in [6, 6.07) is 21.5. The van der Waals surface area contributed by atoms with Gasteiger partial charge in [-0.05, 0) is 42.5 Å². The maximum absolute atomic E-state index is 13.2. The van der Waals surface area contributed by atoms with Crippen molar-refractivity contribution in [3.05, 3.63) is 93.9 Å². The zero-order valence-electron chi connectivity index (χ0n) is 15.6. The van der Waals surface area contributed by atoms with Crippen LogP contribution in [0.3, 0.4) is 0 Å². The number of hydrogen-bond donors (Lipinski definition) is 1. The molecular weight excluding hydrogens is 490 g/mol. The molecule has 1 N–H and O–H groups in total. The summed E-state index contributed by atoms with van der Waals surface area (Å²) in [5.41, 5.74) is 3.45. The summed E-state index contributed by atoms with van der Waals surface area (Å²) >= 11 is 9.31. The first kappa shape index (κ1) is 22.0. The van der Waals surface area contributed by atoms with E-state index in [-0.39, 0.29) is 4.90 Å². The summed E-state index contributed by atoms with van der Waals surface area (Å²) in [5.74, 6) is -0.590. The molecule has 0 radical (unpaired) electrons. The molecule has 1 amide bonds. The molecule has 0 saturated carbocycles. The van der Waals surface area contributed by atoms with Gasteiger partial charge >= 0.3 is 0 Å². The Morgan fingerprint density at radius 3 is 2.30 bits per heavy atom. The quantitative estimate of drug-likeness (QED) is 0.380. The maximum Gasteiger partial charge on any atom is 0.264 e. The fraction of sp³-hybridized carbons (Fsp3) is 0.0476. The van der Waals surface area contributed by atoms with Crippen LogP contribution in [0.4, 0.5) is 5.69 Å². The molecule has 3 rings (SSSR count). The number of nitrogens with zero attached hydrogens (tertiary/aromatic N) is 2. The minimum atomic E-state index is -3.98. The lowest BCUT2D eigenvalue weighted by Gasteiger charge is -2.23. The molecule has 9 heteroatoms. The number of hydrazone groups is 1. The van der Waals surface area contributed by atoms with Crippen LogP contribution in [0, 0.1) is 0 Å². The van der Waals surface area contributed by atoms with Gasteiger partial charge in [0.1, 0.15) is 6.54 Å². The number of sulfonamides is 1. The Morgan fingerprint density at radius 2 is 1.63 bits per heavy atom. The van der Waals surface area contributed by atoms with Crippen molar-refractivity contribution < 1.29 is 13.2 Å². The van der Waals surface area contributed by atoms with Gasteiger partial charge in [0.15, 0.2) is 0 Å². The topological polar surface area (TPSA) is 78.8 Å². The average Bonchev–Trinajstić information content (AvgIpc) is 2.75. The van der Waals surface area contributed by atoms with Crippen LogP contribution in [0.2, 0.25) is 5.02 Å². The number of hydrogen-bond acceptors (Lipinski definition) is 4. The standard InChI is InChI=1S/C21H17BrClN3O3S/c22-20-9-5-4-6-16(20)14-24-25-21(27)15-26(18-12-10-17(23)11-13-18)30(28,29)19-7-2-1-3-8-19/h1-14H,15H2,(H,25,27)/b24-14-. The van der Waals surface area contributed by atoms with E-state index in [1.807, 2.05) is 24.3 Å². The summed E-state index contributed by atoms with van der Waals surface area (Å²) in [7, 11) is -3.98. The number of carbonyl (C=O) groups excluding carboxylic acids is 1. The molecule has 0 bridgehead atoms. The van der Waals surface area contributed by atoms with Crippen molar-refractivity contribution in [1.82, 2.24) is 5.43 Å². The Kier molecular flexibility index (Phi) is 7.25. The molecule has 3 aromatic rings. The molecule has 0 atom stereocenters. The predicted molar refractivity (Wildman–Crippen MR) is 122 cm³/mol. The highest BCUT2D eigenvalue weighted by atomic mass is 79.9. The highest BCUT2D eigenvalue weighted by Crippen LogP contribution is 2.25. The minimum absolute atomic E-state index is 0.0736. The molecule has 0 aliphatic heterocycles. The van der Waals surface area contributed by atoms with E-state index in [1.54, 1.807) is 42.5 Å². The van der Waals surface area contributed by atoms with E-state index in [2.05, 4.69) is 26.5 Å². The van der Waals surface area contributed by atoms with Gasteiger partial charge in [-0.25, -0.2) is 13.8 Å². The van der Waals surface area contributed by atoms with Gasteiger partial charge in [0.25, 0.3) is 15.9 Å². The number of benzene rings is 3. The van der Waals surface area contributed by atoms with Crippen molar-refractivity contribution in [1.29, 1.82) is 0 Å². The first-order chi connectivity index (χ1) is 14.4. The van der Waals surface area contributed by atoms with Gasteiger partial charge in [0, 0.05) is 15.1 Å². The third-order valence-corrected chi connectivity index (χ3v) is 6.79. The lowest BCUT2D eigenvalue weighted by molar-refractivity contribution is -0.119. The van der Waals surface area contributed by atoms with Crippen molar-refractivity contribution in [3.63, 3.8) is 0 Å². The molecule has 0 unspecified atom stereocenters. The largest absolute Gasteiger partial charge is 0.271 e. The smallest absolute Gasteiger partial charge is 0.264 e. The molecule has 0 aliphatic carbocycles. The monoisotopic (exact) mass is 505 g/mol. The summed E-state index contributed by atoms with van der Waals surface area (Å²) in [4.78, 5) is 12.6. The number of carbonyl (C=O) groups is 1. The summed E-state index contributed by atoms with van der Waals surface area (Å²) in [5, 5.41) is 4.38. The van der Waals surface area contributed by atoms with Gasteiger partial charge in [-0.15, -0.1) is 0 Å². The van der Waals surface area contributed by atoms with Gasteiger partial charge in [-0.1, -0.05) is 63.9 Å². The molecular formula is C21H17BrClN3O3S. The highest BCUT2D eigenvalue weighted by molar-refractivity contribution is 9.10. The SMILES string of the molecule is O=C(CN(c1ccc(Cl)cc1)S(=O)(=O)c1ccccc1)N/N=C\c1ccccc1Br. The van der Waals surface area contributed by atoms with E-state index in [0.717, 1.165) is 14.3 Å². The Morgan fingerprint density at radius 1 is 1.00 bits per heavy atom. The van der Waals surface area contributed by atoms with E-state index in [1.165, 1.54) is 18.3 Å². The second-order valence-corrected chi connectivity index (χ2v) is 9.27. The second-order valence-electron chi connectivity index (χ2n) is 6.12. The van der Waals surface area contributed by atoms with Crippen LogP contribution in [0.5, 0.6) is 0 Å². The van der Waals surface area contributed by atoms with Gasteiger partial charge in [-0.2, -0.15) is 5.10 Å². The molecule has 6 nitrogen and oxygen atoms in total. The zero-order valence-corrected chi connectivity index (χ0v) is 18.7. The normalized spacial score (nSPS) is 11.4. The van der Waals surface area contributed by atoms with E-state index in [9.17, 15) is 13.2 Å². The Labute approximate surface area is 188 Å². The number of anilines is 1. The van der Waals surface area contributed by atoms with Crippen LogP contribution in [0.1, 0.15) is 5.56 Å². The number of halogens is 2. The Bertz CT molecular complexity index is 1150. The van der Waals surface area contributed by atoms with E-state index < -0.39 is 22.5 Å². The lowest BCUT2D eigenvalue weighted by Crippen LogP contribution is -2.39. The van der Waals surface area contributed by atoms with Crippen LogP contribution in [0.25, 0.3) is 0 Å². The van der Waals surface area contributed by atoms with E-state index >= 15 is 0 Å². The number of nitrogens with one attached hydrogen (secondary N) is 1. The van der Waals surface area contributed by atoms with Crippen LogP contribution in [-0.4, -0.2) is 27.1 Å². The van der Waals surface area contributed by atoms with Crippen LogP contribution >= 0.6 is 27.5 Å². The van der Waals surface area contributed by atoms with Crippen molar-refractivity contribution >= 4 is 55.4 Å². The van der Waals surface area contributed by atoms with E-state index in [4.69, 9.17) is 11.6 Å². The summed E-state index contributed by atoms with van der Waals surface area (Å²) < 4.78 is 28.2. The molecule has 3 aromatic carbocycles. The van der Waals surface area contributed by atoms with E-state index in [0.29, 0.717) is 10.7 Å². The molecule has 0 spiro atoms. The van der Waals surface area contributed by atoms with Gasteiger partial charge in [0.05, 0.1) is 16.8 Å². The fourth-order valence-electron chi connectivity index (χ4n) is 2.56. The number of amides is 1. The lowest BCUT2D eigenvalue weighted by atomic mass is 10.2. The summed E-state index contributed by atoms with van der Waals surface area (Å²) in [6.07, 6.45) is 1.47. The minimum Gasteiger partial charge on any atom is -0.271 e. The van der Waals surface area contributed by atoms with Gasteiger partial charge in [-0.3, -0.25) is 9.10 Å². The Hall–Kier alpha value is -2.68. The second kappa shape index (κ2) is 9.88. The third-order valence-electron chi connectivity index (χ3n) is 4.03. The summed E-state index contributed by atoms with van der Waals surface area (Å²) in [6.45, 7) is -0.452. The van der Waals surface area contributed by atoms with Crippen LogP contribution in [-0.2, 0) is 14.8 Å². The average molecular weight is 507 g/mol. The van der Waals surface area contributed by atoms with Crippen molar-refractivity contribution in [2.45, 2.75) is 4.90 Å². The first-order valence-corrected chi connectivity index (χ1v) is 11.4. The van der Waals surface area contributed by atoms with Gasteiger partial charge in [0.2, 0.25) is 0 Å². The molecule has 0 fully saturated rings. The van der Waals surface area contributed by atoms with Crippen molar-refractivity contribution in [2.75, 3.05) is 10.8 Å². The maximum atomic E-state index is 13.2. The van der Waals surface area contributed by atoms with Crippen molar-refractivity contribution in [2.24, 2.45) is 5.10 Å². The Balaban J connectivity index is 1.83. The molecule has 30 heavy (non-hydrogen) atoms.